The van der Waals surface area contributed by atoms with Crippen LogP contribution < -0.4 is 0 Å². The average molecular weight is 784 g/mol. The molecule has 0 spiro atoms. The van der Waals surface area contributed by atoms with E-state index in [1.165, 1.54) is 11.1 Å². The number of hydrogen-bond acceptors (Lipinski definition) is 4. The number of phenols is 1. The summed E-state index contributed by atoms with van der Waals surface area (Å²) < 4.78 is 8.38. The van der Waals surface area contributed by atoms with E-state index >= 15 is 0 Å². The minimum absolute atomic E-state index is 0. The number of phenolic OH excluding ortho intramolecular Hbond substituents is 1. The Kier molecular flexibility index (Phi) is 7.69. The second-order valence-electron chi connectivity index (χ2n) is 12.7. The molecule has 6 heteroatoms. The van der Waals surface area contributed by atoms with Crippen molar-refractivity contribution in [3.8, 4) is 45.5 Å². The van der Waals surface area contributed by atoms with Crippen LogP contribution in [0.2, 0.25) is 0 Å². The van der Waals surface area contributed by atoms with Gasteiger partial charge in [0, 0.05) is 43.9 Å². The van der Waals surface area contributed by atoms with Gasteiger partial charge in [0.1, 0.15) is 11.3 Å². The number of aromatic hydroxyl groups is 1. The van der Waals surface area contributed by atoms with Crippen molar-refractivity contribution in [1.82, 2.24) is 14.5 Å². The number of imidazole rings is 1. The maximum atomic E-state index is 10.8. The van der Waals surface area contributed by atoms with E-state index in [0.29, 0.717) is 11.8 Å². The number of aromatic nitrogens is 3. The molecule has 1 N–H and O–H groups in total. The van der Waals surface area contributed by atoms with Crippen LogP contribution in [-0.4, -0.2) is 19.6 Å². The molecule has 5 nitrogen and oxygen atoms in total. The van der Waals surface area contributed by atoms with Gasteiger partial charge >= 0.3 is 0 Å². The monoisotopic (exact) mass is 783 g/mol. The largest absolute Gasteiger partial charge is 0.507 e. The first kappa shape index (κ1) is 30.2. The van der Waals surface area contributed by atoms with Crippen LogP contribution in [0, 0.1) is 6.07 Å². The molecule has 0 saturated carbocycles. The minimum atomic E-state index is 0. The van der Waals surface area contributed by atoms with E-state index in [1.54, 1.807) is 6.07 Å². The fourth-order valence-electron chi connectivity index (χ4n) is 6.84. The van der Waals surface area contributed by atoms with Gasteiger partial charge in [0.15, 0.2) is 0 Å². The second-order valence-corrected chi connectivity index (χ2v) is 12.7. The third kappa shape index (κ3) is 4.89. The van der Waals surface area contributed by atoms with Gasteiger partial charge in [-0.2, -0.15) is 0 Å². The van der Waals surface area contributed by atoms with Crippen LogP contribution in [0.25, 0.3) is 61.7 Å². The van der Waals surface area contributed by atoms with Crippen molar-refractivity contribution in [1.29, 1.82) is 0 Å². The molecule has 0 unspecified atom stereocenters. The summed E-state index contributed by atoms with van der Waals surface area (Å²) in [5.74, 6) is 1.69. The summed E-state index contributed by atoms with van der Waals surface area (Å²) in [6.07, 6.45) is 3.91. The summed E-state index contributed by atoms with van der Waals surface area (Å²) in [6.45, 7) is 8.97. The van der Waals surface area contributed by atoms with Crippen LogP contribution in [0.3, 0.4) is 0 Å². The van der Waals surface area contributed by atoms with Gasteiger partial charge < -0.3 is 14.1 Å². The molecule has 0 bridgehead atoms. The second kappa shape index (κ2) is 11.7. The van der Waals surface area contributed by atoms with E-state index in [4.69, 9.17) is 14.4 Å². The molecule has 8 rings (SSSR count). The van der Waals surface area contributed by atoms with Gasteiger partial charge in [-0.1, -0.05) is 87.7 Å². The van der Waals surface area contributed by atoms with Crippen molar-refractivity contribution in [3.05, 3.63) is 119 Å². The number of fused-ring (bicyclic) bond motifs is 6. The molecule has 232 valence electrons. The molecule has 0 amide bonds. The van der Waals surface area contributed by atoms with Crippen molar-refractivity contribution in [3.63, 3.8) is 0 Å². The van der Waals surface area contributed by atoms with Crippen molar-refractivity contribution in [2.75, 3.05) is 0 Å². The van der Waals surface area contributed by atoms with Crippen LogP contribution in [-0.2, 0) is 33.9 Å². The third-order valence-corrected chi connectivity index (χ3v) is 9.11. The van der Waals surface area contributed by atoms with Crippen LogP contribution in [0.5, 0.6) is 5.75 Å². The van der Waals surface area contributed by atoms with Crippen molar-refractivity contribution in [2.24, 2.45) is 0 Å². The first-order valence-electron chi connectivity index (χ1n) is 15.7. The third-order valence-electron chi connectivity index (χ3n) is 9.11. The van der Waals surface area contributed by atoms with Gasteiger partial charge in [-0.25, -0.2) is 4.98 Å². The Morgan fingerprint density at radius 2 is 1.50 bits per heavy atom. The summed E-state index contributed by atoms with van der Waals surface area (Å²) in [7, 11) is 0. The summed E-state index contributed by atoms with van der Waals surface area (Å²) in [4.78, 5) is 10.5. The number of nitrogens with zero attached hydrogens (tertiary/aromatic N) is 3. The number of hydrogen-bond donors (Lipinski definition) is 1. The molecule has 3 heterocycles. The van der Waals surface area contributed by atoms with Crippen LogP contribution in [0.4, 0.5) is 0 Å². The maximum Gasteiger partial charge on any atom is 0.125 e. The Morgan fingerprint density at radius 3 is 2.28 bits per heavy atom. The number of benzene rings is 4. The summed E-state index contributed by atoms with van der Waals surface area (Å²) in [5, 5.41) is 13.0. The van der Waals surface area contributed by atoms with E-state index in [9.17, 15) is 5.11 Å². The van der Waals surface area contributed by atoms with E-state index in [1.807, 2.05) is 30.3 Å². The summed E-state index contributed by atoms with van der Waals surface area (Å²) >= 11 is 0. The summed E-state index contributed by atoms with van der Waals surface area (Å²) in [6, 6.07) is 32.3. The van der Waals surface area contributed by atoms with Gasteiger partial charge in [0.2, 0.25) is 0 Å². The zero-order chi connectivity index (χ0) is 30.8. The molecule has 46 heavy (non-hydrogen) atoms. The van der Waals surface area contributed by atoms with Crippen molar-refractivity contribution < 1.29 is 30.6 Å². The maximum absolute atomic E-state index is 10.8. The van der Waals surface area contributed by atoms with Crippen LogP contribution in [0.15, 0.2) is 95.5 Å². The predicted octanol–water partition coefficient (Wildman–Crippen LogP) is 10.0. The number of para-hydroxylation sites is 2. The van der Waals surface area contributed by atoms with Crippen molar-refractivity contribution in [2.45, 2.75) is 52.4 Å². The Bertz CT molecular complexity index is 2230. The standard InChI is InChI=1S/C40H34N3O2.Pt/c1-23(2)28-11-8-12-29(24(3)4)39(28)43-22-33(32-19-17-26-16-15-25-9-7-13-34(44)37(25)38(26)41-32)42-40(43)27-18-20-36-31(21-27)30-10-5-6-14-35(30)45-36;/h5-14,17,19-24,44H,15-16H2,1-4H3;/q-1;. The van der Waals surface area contributed by atoms with E-state index in [0.717, 1.165) is 85.6 Å². The average Bonchev–Trinajstić information content (AvgIpc) is 3.66. The molecule has 1 aliphatic carbocycles. The quantitative estimate of drug-likeness (QED) is 0.177. The number of rotatable bonds is 5. The van der Waals surface area contributed by atoms with E-state index < -0.39 is 0 Å². The molecule has 3 aromatic heterocycles. The zero-order valence-corrected chi connectivity index (χ0v) is 28.5. The van der Waals surface area contributed by atoms with E-state index in [-0.39, 0.29) is 26.8 Å². The topological polar surface area (TPSA) is 64.1 Å². The fraction of sp³-hybridized carbons (Fsp3) is 0.200. The molecule has 7 aromatic rings. The first-order chi connectivity index (χ1) is 21.9. The normalized spacial score (nSPS) is 12.5. The Balaban J connectivity index is 0.00000338. The summed E-state index contributed by atoms with van der Waals surface area (Å²) in [5.41, 5.74) is 11.7. The molecule has 0 saturated heterocycles. The molecule has 0 fully saturated rings. The minimum Gasteiger partial charge on any atom is -0.507 e. The van der Waals surface area contributed by atoms with Gasteiger partial charge in [0.05, 0.1) is 28.5 Å². The molecule has 0 aliphatic heterocycles. The molecule has 4 aromatic carbocycles. The van der Waals surface area contributed by atoms with Gasteiger partial charge in [-0.3, -0.25) is 4.98 Å². The molecular formula is C40H34N3O2Pt-. The molecule has 1 aliphatic rings. The smallest absolute Gasteiger partial charge is 0.125 e. The molecule has 0 atom stereocenters. The zero-order valence-electron chi connectivity index (χ0n) is 26.2. The van der Waals surface area contributed by atoms with Crippen molar-refractivity contribution >= 4 is 21.9 Å². The number of pyridine rings is 1. The predicted molar refractivity (Wildman–Crippen MR) is 181 cm³/mol. The van der Waals surface area contributed by atoms with Gasteiger partial charge in [-0.05, 0) is 65.1 Å². The number of furan rings is 1. The SMILES string of the molecule is CC(C)c1cccc(C(C)C)c1-n1cc(-c2ccc3c(n2)-c2c(O)cccc2CC3)nc1-c1[c-]cc2oc3ccccc3c2c1.[Pt]. The Morgan fingerprint density at radius 1 is 0.761 bits per heavy atom. The van der Waals surface area contributed by atoms with Gasteiger partial charge in [0.25, 0.3) is 0 Å². The van der Waals surface area contributed by atoms with E-state index in [2.05, 4.69) is 93.1 Å². The molecule has 0 radical (unpaired) electrons. The first-order valence-corrected chi connectivity index (χ1v) is 15.7. The number of aryl methyl sites for hydroxylation is 2. The van der Waals surface area contributed by atoms with Crippen LogP contribution >= 0.6 is 0 Å². The Hall–Kier alpha value is -4.47. The molecular weight excluding hydrogens is 750 g/mol. The Labute approximate surface area is 283 Å². The van der Waals surface area contributed by atoms with Crippen LogP contribution in [0.1, 0.15) is 61.8 Å². The van der Waals surface area contributed by atoms with Gasteiger partial charge in [-0.15, -0.1) is 23.8 Å². The fourth-order valence-corrected chi connectivity index (χ4v) is 6.84.